The number of rotatable bonds is 6. The van der Waals surface area contributed by atoms with Crippen LogP contribution in [0.25, 0.3) is 0 Å². The van der Waals surface area contributed by atoms with Crippen LogP contribution in [0, 0.1) is 0 Å². The molecule has 1 heterocycles. The summed E-state index contributed by atoms with van der Waals surface area (Å²) in [6.07, 6.45) is 3.53. The van der Waals surface area contributed by atoms with Gasteiger partial charge in [-0.2, -0.15) is 0 Å². The van der Waals surface area contributed by atoms with E-state index in [1.165, 1.54) is 17.8 Å². The maximum atomic E-state index is 11.9. The molecule has 0 aliphatic rings. The van der Waals surface area contributed by atoms with E-state index < -0.39 is 5.91 Å². The molecule has 1 aromatic heterocycles. The van der Waals surface area contributed by atoms with Crippen molar-refractivity contribution in [1.82, 2.24) is 10.3 Å². The van der Waals surface area contributed by atoms with Crippen molar-refractivity contribution in [1.29, 1.82) is 0 Å². The lowest BCUT2D eigenvalue weighted by Gasteiger charge is -2.07. The van der Waals surface area contributed by atoms with E-state index in [9.17, 15) is 9.59 Å². The van der Waals surface area contributed by atoms with Crippen molar-refractivity contribution in [3.63, 3.8) is 0 Å². The molecule has 6 heteroatoms. The molecule has 0 aliphatic carbocycles. The molecular formula is C17H18ClN3O2. The predicted octanol–water partition coefficient (Wildman–Crippen LogP) is 3.06. The quantitative estimate of drug-likeness (QED) is 0.854. The van der Waals surface area contributed by atoms with Crippen LogP contribution in [-0.2, 0) is 11.2 Å². The first-order chi connectivity index (χ1) is 11.1. The molecule has 0 fully saturated rings. The topological polar surface area (TPSA) is 71.1 Å². The Balaban J connectivity index is 1.84. The molecule has 2 N–H and O–H groups in total. The molecule has 0 saturated carbocycles. The molecule has 5 nitrogen and oxygen atoms in total. The summed E-state index contributed by atoms with van der Waals surface area (Å²) in [5.41, 5.74) is 2.10. The van der Waals surface area contributed by atoms with E-state index in [-0.39, 0.29) is 18.1 Å². The summed E-state index contributed by atoms with van der Waals surface area (Å²) in [5.74, 6) is -0.746. The minimum Gasteiger partial charge on any atom is -0.342 e. The molecule has 0 bridgehead atoms. The summed E-state index contributed by atoms with van der Waals surface area (Å²) in [6.45, 7) is 1.98. The molecule has 2 amide bonds. The number of amides is 2. The second-order valence-electron chi connectivity index (χ2n) is 5.04. The van der Waals surface area contributed by atoms with Crippen LogP contribution >= 0.6 is 11.6 Å². The van der Waals surface area contributed by atoms with Crippen molar-refractivity contribution in [2.24, 2.45) is 0 Å². The van der Waals surface area contributed by atoms with Gasteiger partial charge < -0.3 is 10.6 Å². The third-order valence-corrected chi connectivity index (χ3v) is 3.38. The standard InChI is InChI=1S/C17H18ClN3O2/c1-2-3-12-4-6-14(7-5-12)21-16(22)11-20-17(23)15-10-13(18)8-9-19-15/h4-10H,2-3,11H2,1H3,(H,20,23)(H,21,22). The highest BCUT2D eigenvalue weighted by Gasteiger charge is 2.09. The fourth-order valence-electron chi connectivity index (χ4n) is 2.03. The first kappa shape index (κ1) is 17.0. The minimum absolute atomic E-state index is 0.135. The number of nitrogens with zero attached hydrogens (tertiary/aromatic N) is 1. The Morgan fingerprint density at radius 2 is 1.91 bits per heavy atom. The van der Waals surface area contributed by atoms with Crippen LogP contribution in [-0.4, -0.2) is 23.3 Å². The van der Waals surface area contributed by atoms with E-state index in [1.54, 1.807) is 6.07 Å². The number of carbonyl (C=O) groups excluding carboxylic acids is 2. The van der Waals surface area contributed by atoms with Crippen molar-refractivity contribution in [3.05, 3.63) is 58.9 Å². The van der Waals surface area contributed by atoms with E-state index >= 15 is 0 Å². The number of pyridine rings is 1. The Hall–Kier alpha value is -2.40. The van der Waals surface area contributed by atoms with Crippen molar-refractivity contribution < 1.29 is 9.59 Å². The molecule has 1 aromatic carbocycles. The van der Waals surface area contributed by atoms with Crippen LogP contribution < -0.4 is 10.6 Å². The number of benzene rings is 1. The van der Waals surface area contributed by atoms with Gasteiger partial charge in [-0.3, -0.25) is 14.6 Å². The number of halogens is 1. The lowest BCUT2D eigenvalue weighted by atomic mass is 10.1. The third kappa shape index (κ3) is 5.38. The van der Waals surface area contributed by atoms with Crippen molar-refractivity contribution in [2.75, 3.05) is 11.9 Å². The van der Waals surface area contributed by atoms with E-state index in [4.69, 9.17) is 11.6 Å². The predicted molar refractivity (Wildman–Crippen MR) is 90.6 cm³/mol. The van der Waals surface area contributed by atoms with E-state index in [1.807, 2.05) is 24.3 Å². The van der Waals surface area contributed by atoms with E-state index in [0.29, 0.717) is 10.7 Å². The van der Waals surface area contributed by atoms with Crippen LogP contribution in [0.4, 0.5) is 5.69 Å². The number of hydrogen-bond donors (Lipinski definition) is 2. The van der Waals surface area contributed by atoms with Gasteiger partial charge in [-0.05, 0) is 36.2 Å². The monoisotopic (exact) mass is 331 g/mol. The van der Waals surface area contributed by atoms with Gasteiger partial charge in [0.2, 0.25) is 5.91 Å². The van der Waals surface area contributed by atoms with Gasteiger partial charge in [0, 0.05) is 16.9 Å². The van der Waals surface area contributed by atoms with Crippen LogP contribution in [0.3, 0.4) is 0 Å². The largest absolute Gasteiger partial charge is 0.342 e. The third-order valence-electron chi connectivity index (χ3n) is 3.14. The fraction of sp³-hybridized carbons (Fsp3) is 0.235. The van der Waals surface area contributed by atoms with Gasteiger partial charge >= 0.3 is 0 Å². The average molecular weight is 332 g/mol. The SMILES string of the molecule is CCCc1ccc(NC(=O)CNC(=O)c2cc(Cl)ccn2)cc1. The minimum atomic E-state index is -0.444. The van der Waals surface area contributed by atoms with Gasteiger partial charge in [0.05, 0.1) is 6.54 Å². The molecule has 120 valence electrons. The van der Waals surface area contributed by atoms with Gasteiger partial charge in [0.25, 0.3) is 5.91 Å². The summed E-state index contributed by atoms with van der Waals surface area (Å²) in [6, 6.07) is 10.7. The molecule has 2 aromatic rings. The van der Waals surface area contributed by atoms with Gasteiger partial charge in [0.1, 0.15) is 5.69 Å². The summed E-state index contributed by atoms with van der Waals surface area (Å²) in [5, 5.41) is 5.65. The van der Waals surface area contributed by atoms with E-state index in [0.717, 1.165) is 12.8 Å². The Bertz CT molecular complexity index is 686. The van der Waals surface area contributed by atoms with Gasteiger partial charge in [-0.25, -0.2) is 0 Å². The Morgan fingerprint density at radius 1 is 1.17 bits per heavy atom. The fourth-order valence-corrected chi connectivity index (χ4v) is 2.19. The number of anilines is 1. The Morgan fingerprint density at radius 3 is 2.57 bits per heavy atom. The number of aromatic nitrogens is 1. The first-order valence-corrected chi connectivity index (χ1v) is 7.75. The molecule has 0 saturated heterocycles. The molecular weight excluding hydrogens is 314 g/mol. The Labute approximate surface area is 140 Å². The highest BCUT2D eigenvalue weighted by molar-refractivity contribution is 6.30. The van der Waals surface area contributed by atoms with Gasteiger partial charge in [-0.1, -0.05) is 37.1 Å². The van der Waals surface area contributed by atoms with Crippen molar-refractivity contribution in [2.45, 2.75) is 19.8 Å². The van der Waals surface area contributed by atoms with Crippen LogP contribution in [0.1, 0.15) is 29.4 Å². The van der Waals surface area contributed by atoms with E-state index in [2.05, 4.69) is 22.5 Å². The second kappa shape index (κ2) is 8.29. The molecule has 0 radical (unpaired) electrons. The maximum Gasteiger partial charge on any atom is 0.270 e. The molecule has 0 aliphatic heterocycles. The van der Waals surface area contributed by atoms with Gasteiger partial charge in [0.15, 0.2) is 0 Å². The highest BCUT2D eigenvalue weighted by atomic mass is 35.5. The summed E-state index contributed by atoms with van der Waals surface area (Å²) < 4.78 is 0. The lowest BCUT2D eigenvalue weighted by Crippen LogP contribution is -2.33. The van der Waals surface area contributed by atoms with Crippen LogP contribution in [0.2, 0.25) is 5.02 Å². The van der Waals surface area contributed by atoms with Crippen LogP contribution in [0.15, 0.2) is 42.6 Å². The number of nitrogens with one attached hydrogen (secondary N) is 2. The number of hydrogen-bond acceptors (Lipinski definition) is 3. The zero-order valence-corrected chi connectivity index (χ0v) is 13.6. The molecule has 23 heavy (non-hydrogen) atoms. The zero-order valence-electron chi connectivity index (χ0n) is 12.8. The maximum absolute atomic E-state index is 11.9. The number of carbonyl (C=O) groups is 2. The molecule has 0 atom stereocenters. The molecule has 0 unspecified atom stereocenters. The first-order valence-electron chi connectivity index (χ1n) is 7.37. The average Bonchev–Trinajstić information content (AvgIpc) is 2.55. The number of aryl methyl sites for hydroxylation is 1. The van der Waals surface area contributed by atoms with Crippen molar-refractivity contribution in [3.8, 4) is 0 Å². The normalized spacial score (nSPS) is 10.2. The summed E-state index contributed by atoms with van der Waals surface area (Å²) >= 11 is 5.79. The second-order valence-corrected chi connectivity index (χ2v) is 5.47. The molecule has 2 rings (SSSR count). The van der Waals surface area contributed by atoms with Crippen LogP contribution in [0.5, 0.6) is 0 Å². The zero-order chi connectivity index (χ0) is 16.7. The summed E-state index contributed by atoms with van der Waals surface area (Å²) in [4.78, 5) is 27.6. The lowest BCUT2D eigenvalue weighted by molar-refractivity contribution is -0.115. The Kier molecular flexibility index (Phi) is 6.11. The summed E-state index contributed by atoms with van der Waals surface area (Å²) in [7, 11) is 0. The van der Waals surface area contributed by atoms with Crippen molar-refractivity contribution >= 4 is 29.1 Å². The van der Waals surface area contributed by atoms with Gasteiger partial charge in [-0.15, -0.1) is 0 Å². The highest BCUT2D eigenvalue weighted by Crippen LogP contribution is 2.11. The molecule has 0 spiro atoms. The smallest absolute Gasteiger partial charge is 0.270 e.